The third kappa shape index (κ3) is 2.21. The van der Waals surface area contributed by atoms with Gasteiger partial charge < -0.3 is 16.2 Å². The molecule has 1 saturated carbocycles. The molecule has 1 aliphatic rings. The minimum absolute atomic E-state index is 0.0911. The van der Waals surface area contributed by atoms with Gasteiger partial charge in [-0.2, -0.15) is 0 Å². The lowest BCUT2D eigenvalue weighted by Gasteiger charge is -2.14. The number of halogens is 1. The zero-order valence-electron chi connectivity index (χ0n) is 8.50. The van der Waals surface area contributed by atoms with Crippen LogP contribution in [0.5, 0.6) is 5.75 Å². The second-order valence-corrected chi connectivity index (χ2v) is 4.18. The van der Waals surface area contributed by atoms with E-state index < -0.39 is 5.82 Å². The molecule has 1 aromatic rings. The van der Waals surface area contributed by atoms with Crippen LogP contribution in [0.15, 0.2) is 18.2 Å². The molecule has 0 spiro atoms. The highest BCUT2D eigenvalue weighted by molar-refractivity contribution is 5.42. The summed E-state index contributed by atoms with van der Waals surface area (Å²) < 4.78 is 18.7. The maximum Gasteiger partial charge on any atom is 0.167 e. The molecule has 2 rings (SSSR count). The Morgan fingerprint density at radius 3 is 2.67 bits per heavy atom. The minimum atomic E-state index is -0.414. The molecule has 3 nitrogen and oxygen atoms in total. The zero-order valence-corrected chi connectivity index (χ0v) is 8.50. The normalized spacial score (nSPS) is 17.5. The van der Waals surface area contributed by atoms with Crippen molar-refractivity contribution in [3.05, 3.63) is 24.0 Å². The summed E-state index contributed by atoms with van der Waals surface area (Å²) in [4.78, 5) is 0. The average molecular weight is 210 g/mol. The summed E-state index contributed by atoms with van der Waals surface area (Å²) in [7, 11) is 0. The van der Waals surface area contributed by atoms with Gasteiger partial charge in [-0.05, 0) is 25.0 Å². The highest BCUT2D eigenvalue weighted by atomic mass is 19.1. The number of hydrogen-bond acceptors (Lipinski definition) is 3. The molecule has 1 aromatic carbocycles. The molecule has 1 fully saturated rings. The Morgan fingerprint density at radius 2 is 2.13 bits per heavy atom. The van der Waals surface area contributed by atoms with Gasteiger partial charge in [-0.1, -0.05) is 0 Å². The van der Waals surface area contributed by atoms with Crippen molar-refractivity contribution in [2.24, 2.45) is 11.1 Å². The van der Waals surface area contributed by atoms with Crippen molar-refractivity contribution >= 4 is 5.69 Å². The summed E-state index contributed by atoms with van der Waals surface area (Å²) >= 11 is 0. The Hall–Kier alpha value is -1.29. The van der Waals surface area contributed by atoms with E-state index in [2.05, 4.69) is 0 Å². The Morgan fingerprint density at radius 1 is 1.40 bits per heavy atom. The number of ether oxygens (including phenoxy) is 1. The van der Waals surface area contributed by atoms with Crippen LogP contribution in [-0.2, 0) is 0 Å². The van der Waals surface area contributed by atoms with Gasteiger partial charge in [-0.25, -0.2) is 4.39 Å². The Bertz CT molecular complexity index is 364. The van der Waals surface area contributed by atoms with Gasteiger partial charge in [0.05, 0.1) is 6.61 Å². The summed E-state index contributed by atoms with van der Waals surface area (Å²) in [5.41, 5.74) is 11.5. The van der Waals surface area contributed by atoms with Crippen LogP contribution in [-0.4, -0.2) is 13.2 Å². The molecule has 0 amide bonds. The van der Waals surface area contributed by atoms with E-state index >= 15 is 0 Å². The zero-order chi connectivity index (χ0) is 10.9. The second-order valence-electron chi connectivity index (χ2n) is 4.18. The van der Waals surface area contributed by atoms with Crippen LogP contribution in [0.3, 0.4) is 0 Å². The molecule has 0 heterocycles. The molecule has 4 N–H and O–H groups in total. The van der Waals surface area contributed by atoms with E-state index in [9.17, 15) is 4.39 Å². The third-order valence-corrected chi connectivity index (χ3v) is 2.88. The summed E-state index contributed by atoms with van der Waals surface area (Å²) in [6, 6.07) is 4.44. The van der Waals surface area contributed by atoms with Gasteiger partial charge in [0.1, 0.15) is 0 Å². The quantitative estimate of drug-likeness (QED) is 0.741. The van der Waals surface area contributed by atoms with E-state index in [-0.39, 0.29) is 11.2 Å². The highest BCUT2D eigenvalue weighted by Crippen LogP contribution is 2.44. The molecule has 15 heavy (non-hydrogen) atoms. The number of benzene rings is 1. The van der Waals surface area contributed by atoms with E-state index in [1.807, 2.05) is 0 Å². The number of nitrogens with two attached hydrogens (primary N) is 2. The van der Waals surface area contributed by atoms with Gasteiger partial charge in [0.25, 0.3) is 0 Å². The maximum absolute atomic E-state index is 13.3. The molecular formula is C11H15FN2O. The van der Waals surface area contributed by atoms with E-state index in [1.54, 1.807) is 12.1 Å². The number of rotatable bonds is 4. The lowest BCUT2D eigenvalue weighted by Crippen LogP contribution is -2.23. The SMILES string of the molecule is NCC1(COc2ccc(N)cc2F)CC1. The summed E-state index contributed by atoms with van der Waals surface area (Å²) in [6.07, 6.45) is 2.14. The van der Waals surface area contributed by atoms with Gasteiger partial charge in [-0.3, -0.25) is 0 Å². The molecule has 0 aliphatic heterocycles. The van der Waals surface area contributed by atoms with Crippen LogP contribution in [0.2, 0.25) is 0 Å². The molecular weight excluding hydrogens is 195 g/mol. The first-order valence-electron chi connectivity index (χ1n) is 5.03. The van der Waals surface area contributed by atoms with Gasteiger partial charge in [-0.15, -0.1) is 0 Å². The topological polar surface area (TPSA) is 61.3 Å². The summed E-state index contributed by atoms with van der Waals surface area (Å²) in [5.74, 6) is -0.160. The first-order chi connectivity index (χ1) is 7.15. The fraction of sp³-hybridized carbons (Fsp3) is 0.455. The van der Waals surface area contributed by atoms with E-state index in [0.29, 0.717) is 18.8 Å². The standard InChI is InChI=1S/C11H15FN2O/c12-9-5-8(14)1-2-10(9)15-7-11(6-13)3-4-11/h1-2,5H,3-4,6-7,13-14H2. The van der Waals surface area contributed by atoms with Crippen molar-refractivity contribution in [1.82, 2.24) is 0 Å². The molecule has 0 saturated heterocycles. The van der Waals surface area contributed by atoms with Crippen LogP contribution in [0.4, 0.5) is 10.1 Å². The van der Waals surface area contributed by atoms with Crippen LogP contribution in [0.1, 0.15) is 12.8 Å². The summed E-state index contributed by atoms with van der Waals surface area (Å²) in [5, 5.41) is 0. The van der Waals surface area contributed by atoms with Crippen molar-refractivity contribution in [3.63, 3.8) is 0 Å². The van der Waals surface area contributed by atoms with Gasteiger partial charge in [0, 0.05) is 23.7 Å². The predicted octanol–water partition coefficient (Wildman–Crippen LogP) is 1.53. The van der Waals surface area contributed by atoms with Crippen molar-refractivity contribution < 1.29 is 9.13 Å². The molecule has 0 bridgehead atoms. The summed E-state index contributed by atoms with van der Waals surface area (Å²) in [6.45, 7) is 1.09. The van der Waals surface area contributed by atoms with Crippen LogP contribution in [0.25, 0.3) is 0 Å². The van der Waals surface area contributed by atoms with E-state index in [4.69, 9.17) is 16.2 Å². The molecule has 4 heteroatoms. The molecule has 82 valence electrons. The van der Waals surface area contributed by atoms with Crippen molar-refractivity contribution in [1.29, 1.82) is 0 Å². The van der Waals surface area contributed by atoms with Crippen LogP contribution in [0, 0.1) is 11.2 Å². The van der Waals surface area contributed by atoms with Gasteiger partial charge >= 0.3 is 0 Å². The average Bonchev–Trinajstić information content (AvgIpc) is 2.97. The first-order valence-corrected chi connectivity index (χ1v) is 5.03. The Balaban J connectivity index is 1.99. The Kier molecular flexibility index (Phi) is 2.52. The van der Waals surface area contributed by atoms with E-state index in [0.717, 1.165) is 12.8 Å². The lowest BCUT2D eigenvalue weighted by atomic mass is 10.1. The monoisotopic (exact) mass is 210 g/mol. The van der Waals surface area contributed by atoms with Crippen molar-refractivity contribution in [2.75, 3.05) is 18.9 Å². The molecule has 0 unspecified atom stereocenters. The fourth-order valence-corrected chi connectivity index (χ4v) is 1.45. The largest absolute Gasteiger partial charge is 0.490 e. The third-order valence-electron chi connectivity index (χ3n) is 2.88. The van der Waals surface area contributed by atoms with Crippen LogP contribution < -0.4 is 16.2 Å². The highest BCUT2D eigenvalue weighted by Gasteiger charge is 2.42. The van der Waals surface area contributed by atoms with Crippen LogP contribution >= 0.6 is 0 Å². The van der Waals surface area contributed by atoms with E-state index in [1.165, 1.54) is 6.07 Å². The number of anilines is 1. The Labute approximate surface area is 88.2 Å². The molecule has 0 atom stereocenters. The maximum atomic E-state index is 13.3. The molecule has 0 radical (unpaired) electrons. The van der Waals surface area contributed by atoms with Crippen molar-refractivity contribution in [2.45, 2.75) is 12.8 Å². The number of nitrogen functional groups attached to an aromatic ring is 1. The first kappa shape index (κ1) is 10.2. The molecule has 1 aliphatic carbocycles. The predicted molar refractivity (Wildman–Crippen MR) is 57.0 cm³/mol. The molecule has 0 aromatic heterocycles. The van der Waals surface area contributed by atoms with Gasteiger partial charge in [0.2, 0.25) is 0 Å². The van der Waals surface area contributed by atoms with Gasteiger partial charge in [0.15, 0.2) is 11.6 Å². The minimum Gasteiger partial charge on any atom is -0.490 e. The van der Waals surface area contributed by atoms with Crippen molar-refractivity contribution in [3.8, 4) is 5.75 Å². The smallest absolute Gasteiger partial charge is 0.167 e. The lowest BCUT2D eigenvalue weighted by molar-refractivity contribution is 0.229. The second kappa shape index (κ2) is 3.70. The number of hydrogen-bond donors (Lipinski definition) is 2. The fourth-order valence-electron chi connectivity index (χ4n) is 1.45.